The van der Waals surface area contributed by atoms with E-state index in [9.17, 15) is 9.59 Å². The van der Waals surface area contributed by atoms with Gasteiger partial charge in [0, 0.05) is 10.0 Å². The molecule has 2 rings (SSSR count). The first-order valence-electron chi connectivity index (χ1n) is 7.99. The van der Waals surface area contributed by atoms with Gasteiger partial charge >= 0.3 is 5.97 Å². The van der Waals surface area contributed by atoms with Crippen molar-refractivity contribution in [3.05, 3.63) is 57.6 Å². The van der Waals surface area contributed by atoms with Crippen molar-refractivity contribution in [1.82, 2.24) is 5.32 Å². The molecule has 0 heterocycles. The van der Waals surface area contributed by atoms with Crippen LogP contribution in [0, 0.1) is 0 Å². The van der Waals surface area contributed by atoms with Crippen molar-refractivity contribution in [3.63, 3.8) is 0 Å². The van der Waals surface area contributed by atoms with E-state index in [4.69, 9.17) is 37.4 Å². The lowest BCUT2D eigenvalue weighted by Gasteiger charge is -2.16. The van der Waals surface area contributed by atoms with E-state index < -0.39 is 18.5 Å². The maximum Gasteiger partial charge on any atom is 0.346 e. The molecule has 0 bridgehead atoms. The van der Waals surface area contributed by atoms with Crippen molar-refractivity contribution in [1.29, 1.82) is 0 Å². The van der Waals surface area contributed by atoms with Crippen LogP contribution >= 0.6 is 23.2 Å². The summed E-state index contributed by atoms with van der Waals surface area (Å²) in [7, 11) is 2.85. The molecule has 1 atom stereocenters. The summed E-state index contributed by atoms with van der Waals surface area (Å²) in [5, 5.41) is 3.65. The molecule has 144 valence electrons. The maximum atomic E-state index is 12.4. The number of carbonyl (C=O) groups is 2. The van der Waals surface area contributed by atoms with Gasteiger partial charge in [-0.15, -0.1) is 0 Å². The topological polar surface area (TPSA) is 73.9 Å². The first-order chi connectivity index (χ1) is 12.9. The second kappa shape index (κ2) is 9.48. The molecule has 27 heavy (non-hydrogen) atoms. The lowest BCUT2D eigenvalue weighted by molar-refractivity contribution is -0.124. The molecule has 1 N–H and O–H groups in total. The number of halogens is 2. The molecule has 2 aromatic rings. The van der Waals surface area contributed by atoms with Crippen LogP contribution in [0.5, 0.6) is 11.5 Å². The zero-order valence-corrected chi connectivity index (χ0v) is 16.6. The minimum atomic E-state index is -0.725. The molecule has 0 saturated heterocycles. The predicted molar refractivity (Wildman–Crippen MR) is 103 cm³/mol. The van der Waals surface area contributed by atoms with Crippen LogP contribution in [0.2, 0.25) is 10.0 Å². The summed E-state index contributed by atoms with van der Waals surface area (Å²) in [6, 6.07) is 9.49. The van der Waals surface area contributed by atoms with Gasteiger partial charge < -0.3 is 19.5 Å². The summed E-state index contributed by atoms with van der Waals surface area (Å²) in [6.45, 7) is 1.30. The van der Waals surface area contributed by atoms with Gasteiger partial charge in [0.1, 0.15) is 17.1 Å². The maximum absolute atomic E-state index is 12.4. The van der Waals surface area contributed by atoms with E-state index in [1.165, 1.54) is 14.2 Å². The molecule has 0 aromatic heterocycles. The van der Waals surface area contributed by atoms with E-state index in [0.29, 0.717) is 27.1 Å². The number of nitrogens with one attached hydrogen (secondary N) is 1. The Kier molecular flexibility index (Phi) is 7.33. The molecular weight excluding hydrogens is 393 g/mol. The molecule has 2 aromatic carbocycles. The fourth-order valence-electron chi connectivity index (χ4n) is 2.47. The van der Waals surface area contributed by atoms with E-state index in [1.807, 2.05) is 0 Å². The number of rotatable bonds is 7. The minimum Gasteiger partial charge on any atom is -0.496 e. The largest absolute Gasteiger partial charge is 0.496 e. The number of methoxy groups -OCH3 is 2. The van der Waals surface area contributed by atoms with E-state index in [-0.39, 0.29) is 11.6 Å². The fraction of sp³-hybridized carbons (Fsp3) is 0.263. The monoisotopic (exact) mass is 411 g/mol. The number of esters is 1. The Morgan fingerprint density at radius 1 is 1.07 bits per heavy atom. The summed E-state index contributed by atoms with van der Waals surface area (Å²) in [5.41, 5.74) is 0.816. The highest BCUT2D eigenvalue weighted by Gasteiger charge is 2.21. The third-order valence-electron chi connectivity index (χ3n) is 3.77. The van der Waals surface area contributed by atoms with E-state index in [0.717, 1.165) is 0 Å². The summed E-state index contributed by atoms with van der Waals surface area (Å²) < 4.78 is 15.4. The van der Waals surface area contributed by atoms with Gasteiger partial charge in [0.25, 0.3) is 5.91 Å². The number of amides is 1. The lowest BCUT2D eigenvalue weighted by Crippen LogP contribution is -2.31. The molecule has 6 nitrogen and oxygen atoms in total. The van der Waals surface area contributed by atoms with E-state index in [1.54, 1.807) is 43.3 Å². The second-order valence-electron chi connectivity index (χ2n) is 5.57. The van der Waals surface area contributed by atoms with Gasteiger partial charge in [0.2, 0.25) is 0 Å². The average molecular weight is 412 g/mol. The average Bonchev–Trinajstić information content (AvgIpc) is 2.65. The highest BCUT2D eigenvalue weighted by atomic mass is 35.5. The van der Waals surface area contributed by atoms with Gasteiger partial charge in [-0.1, -0.05) is 35.3 Å². The summed E-state index contributed by atoms with van der Waals surface area (Å²) in [4.78, 5) is 24.5. The molecule has 0 aliphatic rings. The standard InChI is InChI=1S/C19H19Cl2NO5/c1-11(13-8-7-12(20)9-14(13)21)22-17(23)10-27-19(24)18-15(25-2)5-4-6-16(18)26-3/h4-9,11H,10H2,1-3H3,(H,22,23)/t11-/m0/s1. The van der Waals surface area contributed by atoms with Gasteiger partial charge in [-0.25, -0.2) is 4.79 Å². The van der Waals surface area contributed by atoms with Crippen molar-refractivity contribution in [2.45, 2.75) is 13.0 Å². The smallest absolute Gasteiger partial charge is 0.346 e. The number of carbonyl (C=O) groups excluding carboxylic acids is 2. The number of hydrogen-bond acceptors (Lipinski definition) is 5. The van der Waals surface area contributed by atoms with Gasteiger partial charge in [-0.05, 0) is 36.8 Å². The van der Waals surface area contributed by atoms with Crippen molar-refractivity contribution in [3.8, 4) is 11.5 Å². The summed E-state index contributed by atoms with van der Waals surface area (Å²) in [6.07, 6.45) is 0. The molecule has 0 unspecified atom stereocenters. The second-order valence-corrected chi connectivity index (χ2v) is 6.41. The number of ether oxygens (including phenoxy) is 3. The molecular formula is C19H19Cl2NO5. The Hall–Kier alpha value is -2.44. The van der Waals surface area contributed by atoms with E-state index >= 15 is 0 Å². The van der Waals surface area contributed by atoms with Gasteiger partial charge in [-0.3, -0.25) is 4.79 Å². The zero-order valence-electron chi connectivity index (χ0n) is 15.0. The van der Waals surface area contributed by atoms with Crippen molar-refractivity contribution < 1.29 is 23.8 Å². The quantitative estimate of drug-likeness (QED) is 0.695. The SMILES string of the molecule is COc1cccc(OC)c1C(=O)OCC(=O)N[C@@H](C)c1ccc(Cl)cc1Cl. The van der Waals surface area contributed by atoms with E-state index in [2.05, 4.69) is 5.32 Å². The highest BCUT2D eigenvalue weighted by molar-refractivity contribution is 6.35. The van der Waals surface area contributed by atoms with Gasteiger partial charge in [0.05, 0.1) is 20.3 Å². The van der Waals surface area contributed by atoms with Gasteiger partial charge in [-0.2, -0.15) is 0 Å². The molecule has 0 spiro atoms. The third kappa shape index (κ3) is 5.28. The normalized spacial score (nSPS) is 11.4. The Bertz CT molecular complexity index is 819. The first-order valence-corrected chi connectivity index (χ1v) is 8.75. The summed E-state index contributed by atoms with van der Waals surface area (Å²) in [5.74, 6) is -0.616. The molecule has 8 heteroatoms. The van der Waals surface area contributed by atoms with Crippen LogP contribution in [0.1, 0.15) is 28.9 Å². The van der Waals surface area contributed by atoms with Crippen molar-refractivity contribution in [2.24, 2.45) is 0 Å². The summed E-state index contributed by atoms with van der Waals surface area (Å²) >= 11 is 12.0. The minimum absolute atomic E-state index is 0.115. The Labute approximate surface area is 167 Å². The van der Waals surface area contributed by atoms with Crippen molar-refractivity contribution >= 4 is 35.1 Å². The highest BCUT2D eigenvalue weighted by Crippen LogP contribution is 2.29. The van der Waals surface area contributed by atoms with Crippen LogP contribution < -0.4 is 14.8 Å². The number of benzene rings is 2. The third-order valence-corrected chi connectivity index (χ3v) is 4.34. The lowest BCUT2D eigenvalue weighted by atomic mass is 10.1. The molecule has 0 fully saturated rings. The Morgan fingerprint density at radius 2 is 1.70 bits per heavy atom. The molecule has 0 aliphatic heterocycles. The first kappa shape index (κ1) is 20.9. The molecule has 0 radical (unpaired) electrons. The van der Waals surface area contributed by atoms with Crippen LogP contribution in [-0.4, -0.2) is 32.7 Å². The van der Waals surface area contributed by atoms with Crippen molar-refractivity contribution in [2.75, 3.05) is 20.8 Å². The molecule has 0 saturated carbocycles. The zero-order chi connectivity index (χ0) is 20.0. The molecule has 0 aliphatic carbocycles. The molecule has 1 amide bonds. The predicted octanol–water partition coefficient (Wildman–Crippen LogP) is 4.04. The van der Waals surface area contributed by atoms with Crippen LogP contribution in [0.3, 0.4) is 0 Å². The van der Waals surface area contributed by atoms with Gasteiger partial charge in [0.15, 0.2) is 6.61 Å². The number of hydrogen-bond donors (Lipinski definition) is 1. The van der Waals surface area contributed by atoms with Crippen LogP contribution in [0.4, 0.5) is 0 Å². The Morgan fingerprint density at radius 3 is 2.26 bits per heavy atom. The fourth-order valence-corrected chi connectivity index (χ4v) is 3.04. The van der Waals surface area contributed by atoms with Crippen LogP contribution in [0.25, 0.3) is 0 Å². The van der Waals surface area contributed by atoms with Crippen LogP contribution in [-0.2, 0) is 9.53 Å². The Balaban J connectivity index is 2.00. The van der Waals surface area contributed by atoms with Crippen LogP contribution in [0.15, 0.2) is 36.4 Å².